The van der Waals surface area contributed by atoms with Crippen molar-refractivity contribution in [3.8, 4) is 0 Å². The summed E-state index contributed by atoms with van der Waals surface area (Å²) in [5.41, 5.74) is 31.8. The Kier molecular flexibility index (Phi) is 57.6. The standard InChI is InChI=1S/C24H34.C22H32N2.C18H28N2O4.C17H18O.C13H20N2O2.C10H22N2O2/c1-3-21(2)11-10-16-24(19-17-22-12-6-4-7-13-22)20-18-23-14-8-5-9-15-23;23-18-22(24)13-7-12-21(16-14-19-8-3-1-4-9-19)17-15-20-10-5-2-6-11-20;1-14(12-20-17(22)24-18(2,3)4)10-11-19-16(21)23-13-15-8-6-5-7-9-15;18-17(13-11-15-7-3-1-4-8-15)14-12-16-9-5-2-6-10-16;1-11(9-14)7-8-15-13(16)17-10-12-5-3-2-4-6-12;1-8(5-6-11)7-12-9(13)14-10(2,3)4/h4-9,12-15,21,24H,3,10-11,16-20H2,1-2H3;1-6,8-11,21-22H,7,12-18,23-24H2;5-9,14H,10-13H2,1-4H3,(H,19,21)(H,20,22);1-10H,11-14H2;2-6,11H,7-10,14H2,1H3,(H,15,16);8H,5-7,11H2,1-4H3,(H,12,13)/t21-;22-;14-;;11-;8-/m100.00/s1. The van der Waals surface area contributed by atoms with Crippen LogP contribution in [0.2, 0.25) is 0 Å². The van der Waals surface area contributed by atoms with Crippen molar-refractivity contribution >= 4 is 30.2 Å². The van der Waals surface area contributed by atoms with Gasteiger partial charge in [0, 0.05) is 51.6 Å². The molecule has 8 rings (SSSR count). The van der Waals surface area contributed by atoms with Crippen molar-refractivity contribution in [1.29, 1.82) is 0 Å². The molecular formula is C104H154N8O9. The van der Waals surface area contributed by atoms with Gasteiger partial charge in [0.1, 0.15) is 30.2 Å². The number of carbonyl (C=O) groups is 5. The van der Waals surface area contributed by atoms with Crippen molar-refractivity contribution in [2.24, 2.45) is 58.4 Å². The number of nitrogens with two attached hydrogens (primary N) is 4. The first-order valence-corrected chi connectivity index (χ1v) is 44.7. The fourth-order valence-electron chi connectivity index (χ4n) is 12.8. The topological polar surface area (TPSA) is 274 Å². The Morgan fingerprint density at radius 1 is 0.322 bits per heavy atom. The summed E-state index contributed by atoms with van der Waals surface area (Å²) in [7, 11) is 0. The van der Waals surface area contributed by atoms with E-state index in [1.54, 1.807) is 0 Å². The second kappa shape index (κ2) is 66.0. The van der Waals surface area contributed by atoms with Crippen molar-refractivity contribution < 1.29 is 42.9 Å². The Balaban J connectivity index is 0.000000379. The fourth-order valence-corrected chi connectivity index (χ4v) is 12.8. The first-order valence-electron chi connectivity index (χ1n) is 44.7. The number of alkyl carbamates (subject to hydrolysis) is 4. The summed E-state index contributed by atoms with van der Waals surface area (Å²) in [6, 6.07) is 83.3. The fraction of sp³-hybridized carbons (Fsp3) is 0.490. The number of aryl methyl sites for hydroxylation is 6. The van der Waals surface area contributed by atoms with Crippen molar-refractivity contribution in [2.75, 3.05) is 45.8 Å². The molecule has 121 heavy (non-hydrogen) atoms. The van der Waals surface area contributed by atoms with E-state index in [1.165, 1.54) is 123 Å². The second-order valence-corrected chi connectivity index (χ2v) is 34.2. The lowest BCUT2D eigenvalue weighted by Gasteiger charge is -2.20. The van der Waals surface area contributed by atoms with Crippen LogP contribution < -0.4 is 44.2 Å². The van der Waals surface area contributed by atoms with Crippen LogP contribution in [0.3, 0.4) is 0 Å². The lowest BCUT2D eigenvalue weighted by Crippen LogP contribution is -2.35. The molecule has 0 fully saturated rings. The van der Waals surface area contributed by atoms with E-state index in [1.807, 2.05) is 152 Å². The van der Waals surface area contributed by atoms with Crippen LogP contribution in [0.25, 0.3) is 0 Å². The molecule has 0 aromatic heterocycles. The van der Waals surface area contributed by atoms with Gasteiger partial charge in [-0.2, -0.15) is 0 Å². The predicted octanol–water partition coefficient (Wildman–Crippen LogP) is 22.1. The van der Waals surface area contributed by atoms with Gasteiger partial charge in [0.05, 0.1) is 0 Å². The van der Waals surface area contributed by atoms with Crippen LogP contribution >= 0.6 is 0 Å². The molecule has 0 aliphatic heterocycles. The predicted molar refractivity (Wildman–Crippen MR) is 502 cm³/mol. The zero-order valence-electron chi connectivity index (χ0n) is 75.5. The number of hydrogen-bond acceptors (Lipinski definition) is 13. The lowest BCUT2D eigenvalue weighted by molar-refractivity contribution is -0.119. The second-order valence-electron chi connectivity index (χ2n) is 34.2. The van der Waals surface area contributed by atoms with Gasteiger partial charge in [-0.25, -0.2) is 19.2 Å². The van der Waals surface area contributed by atoms with Crippen LogP contribution in [0, 0.1) is 35.5 Å². The first kappa shape index (κ1) is 106. The van der Waals surface area contributed by atoms with E-state index in [0.29, 0.717) is 82.9 Å². The molecule has 0 aliphatic carbocycles. The first-order chi connectivity index (χ1) is 58.2. The molecule has 8 aromatic carbocycles. The molecule has 5 atom stereocenters. The van der Waals surface area contributed by atoms with Gasteiger partial charge in [0.25, 0.3) is 0 Å². The van der Waals surface area contributed by atoms with Crippen LogP contribution in [0.15, 0.2) is 243 Å². The van der Waals surface area contributed by atoms with E-state index in [2.05, 4.69) is 188 Å². The molecule has 664 valence electrons. The van der Waals surface area contributed by atoms with Gasteiger partial charge in [0.15, 0.2) is 0 Å². The molecule has 4 amide bonds. The minimum atomic E-state index is -0.503. The van der Waals surface area contributed by atoms with E-state index < -0.39 is 23.4 Å². The van der Waals surface area contributed by atoms with Gasteiger partial charge >= 0.3 is 24.4 Å². The number of Topliss-reactive ketones (excluding diaryl/α,β-unsaturated/α-hetero) is 1. The summed E-state index contributed by atoms with van der Waals surface area (Å²) in [5.74, 6) is 3.88. The maximum Gasteiger partial charge on any atom is 0.407 e. The van der Waals surface area contributed by atoms with Crippen molar-refractivity contribution in [3.63, 3.8) is 0 Å². The van der Waals surface area contributed by atoms with E-state index in [4.69, 9.17) is 41.9 Å². The van der Waals surface area contributed by atoms with Gasteiger partial charge in [-0.3, -0.25) is 4.79 Å². The van der Waals surface area contributed by atoms with Gasteiger partial charge in [-0.05, 0) is 225 Å². The monoisotopic (exact) mass is 1660 g/mol. The van der Waals surface area contributed by atoms with Gasteiger partial charge < -0.3 is 63.1 Å². The van der Waals surface area contributed by atoms with Gasteiger partial charge in [-0.1, -0.05) is 316 Å². The number of nitrogens with one attached hydrogen (secondary N) is 4. The summed E-state index contributed by atoms with van der Waals surface area (Å²) in [6.45, 7) is 26.4. The van der Waals surface area contributed by atoms with E-state index in [9.17, 15) is 24.0 Å². The largest absolute Gasteiger partial charge is 0.445 e. The zero-order chi connectivity index (χ0) is 88.4. The van der Waals surface area contributed by atoms with Crippen molar-refractivity contribution in [1.82, 2.24) is 21.3 Å². The zero-order valence-corrected chi connectivity index (χ0v) is 75.5. The van der Waals surface area contributed by atoms with Crippen LogP contribution in [-0.2, 0) is 75.5 Å². The average molecular weight is 1660 g/mol. The molecule has 17 nitrogen and oxygen atoms in total. The number of amides is 4. The molecule has 0 aliphatic rings. The summed E-state index contributed by atoms with van der Waals surface area (Å²) in [5, 5.41) is 10.8. The summed E-state index contributed by atoms with van der Waals surface area (Å²) >= 11 is 0. The minimum Gasteiger partial charge on any atom is -0.445 e. The van der Waals surface area contributed by atoms with Crippen LogP contribution in [0.5, 0.6) is 0 Å². The summed E-state index contributed by atoms with van der Waals surface area (Å²) < 4.78 is 20.4. The highest BCUT2D eigenvalue weighted by atomic mass is 16.6. The maximum absolute atomic E-state index is 11.8. The van der Waals surface area contributed by atoms with E-state index in [-0.39, 0.29) is 30.8 Å². The smallest absolute Gasteiger partial charge is 0.407 e. The Hall–Kier alpha value is -9.65. The Labute approximate surface area is 729 Å². The number of rotatable bonds is 45. The summed E-state index contributed by atoms with van der Waals surface area (Å²) in [6.07, 6.45) is 22.9. The van der Waals surface area contributed by atoms with E-state index >= 15 is 0 Å². The Morgan fingerprint density at radius 3 is 0.901 bits per heavy atom. The van der Waals surface area contributed by atoms with E-state index in [0.717, 1.165) is 67.4 Å². The number of hydrogen-bond donors (Lipinski definition) is 8. The Bertz CT molecular complexity index is 3600. The molecule has 0 spiro atoms. The highest BCUT2D eigenvalue weighted by Gasteiger charge is 2.19. The molecule has 0 radical (unpaired) electrons. The molecule has 0 saturated heterocycles. The summed E-state index contributed by atoms with van der Waals surface area (Å²) in [4.78, 5) is 57.5. The number of ketones is 1. The number of benzene rings is 8. The van der Waals surface area contributed by atoms with Crippen LogP contribution in [-0.4, -0.2) is 93.2 Å². The average Bonchev–Trinajstić information content (AvgIpc) is 0.947. The quantitative estimate of drug-likeness (QED) is 0.0165. The molecule has 0 saturated carbocycles. The molecule has 8 aromatic rings. The number of carbonyl (C=O) groups excluding carboxylic acids is 5. The third-order valence-electron chi connectivity index (χ3n) is 20.6. The third kappa shape index (κ3) is 59.7. The van der Waals surface area contributed by atoms with Gasteiger partial charge in [0.2, 0.25) is 0 Å². The lowest BCUT2D eigenvalue weighted by atomic mass is 9.88. The van der Waals surface area contributed by atoms with Crippen LogP contribution in [0.4, 0.5) is 19.2 Å². The minimum absolute atomic E-state index is 0.161. The Morgan fingerprint density at radius 2 is 0.612 bits per heavy atom. The molecule has 0 bridgehead atoms. The molecule has 17 heteroatoms. The third-order valence-corrected chi connectivity index (χ3v) is 20.6. The van der Waals surface area contributed by atoms with Crippen molar-refractivity contribution in [2.45, 2.75) is 248 Å². The van der Waals surface area contributed by atoms with Crippen LogP contribution in [0.1, 0.15) is 223 Å². The number of ether oxygens (including phenoxy) is 4. The highest BCUT2D eigenvalue weighted by molar-refractivity contribution is 5.79. The van der Waals surface area contributed by atoms with Crippen molar-refractivity contribution in [3.05, 3.63) is 287 Å². The highest BCUT2D eigenvalue weighted by Crippen LogP contribution is 2.26. The van der Waals surface area contributed by atoms with Gasteiger partial charge in [-0.15, -0.1) is 0 Å². The SMILES string of the molecule is CC[C@@H](C)CCCC(CCc1ccccc1)CCc1ccccc1.C[C@@H](CCN)CNC(=O)OC(C)(C)C.C[C@@H](CCNC(=O)OCc1ccccc1)CNC(=O)OC(C)(C)C.C[C@H](CN)CCNC(=O)OCc1ccccc1.NC[C@@H](N)CCCC(CCc1ccccc1)CCc1ccccc1.O=C(CCc1ccccc1)CCc1ccccc1. The maximum atomic E-state index is 11.8. The molecular weight excluding hydrogens is 1510 g/mol. The molecule has 0 unspecified atom stereocenters. The molecule has 0 heterocycles. The molecule has 12 N–H and O–H groups in total. The normalized spacial score (nSPS) is 12.1.